The Morgan fingerprint density at radius 2 is 1.78 bits per heavy atom. The lowest BCUT2D eigenvalue weighted by molar-refractivity contribution is -0.138. The molecular weight excluding hydrogens is 288 g/mol. The fourth-order valence-electron chi connectivity index (χ4n) is 2.85. The Balaban J connectivity index is 3.14. The van der Waals surface area contributed by atoms with Gasteiger partial charge in [0.1, 0.15) is 5.60 Å². The minimum Gasteiger partial charge on any atom is -0.389 e. The molecule has 0 saturated heterocycles. The standard InChI is InChI=1S/C20H32O3/c1-14(2)17-11-9-15(3)7-6-8-16(4)10-12-19(22)20(5,23)13-18(17)21/h8-9,11,14,18,21,23H,6-7,10,12-13H2,1-5H3/b15-9+,16-8+,17-11-/t18-,20-/m0/s1. The number of rotatable bonds is 1. The summed E-state index contributed by atoms with van der Waals surface area (Å²) in [5.41, 5.74) is 1.81. The van der Waals surface area contributed by atoms with Crippen LogP contribution in [0.25, 0.3) is 0 Å². The molecule has 2 atom stereocenters. The van der Waals surface area contributed by atoms with Crippen LogP contribution in [-0.4, -0.2) is 27.7 Å². The van der Waals surface area contributed by atoms with E-state index >= 15 is 0 Å². The fraction of sp³-hybridized carbons (Fsp3) is 0.650. The van der Waals surface area contributed by atoms with Gasteiger partial charge in [-0.05, 0) is 51.5 Å². The number of allylic oxidation sites excluding steroid dienone is 5. The molecule has 0 aliphatic heterocycles. The lowest BCUT2D eigenvalue weighted by atomic mass is 9.85. The normalized spacial score (nSPS) is 35.6. The van der Waals surface area contributed by atoms with Crippen LogP contribution >= 0.6 is 0 Å². The third kappa shape index (κ3) is 6.44. The first-order chi connectivity index (χ1) is 10.6. The van der Waals surface area contributed by atoms with Crippen molar-refractivity contribution in [2.75, 3.05) is 0 Å². The molecule has 0 fully saturated rings. The number of aliphatic hydroxyl groups excluding tert-OH is 1. The number of ketones is 1. The van der Waals surface area contributed by atoms with Crippen LogP contribution < -0.4 is 0 Å². The molecule has 0 radical (unpaired) electrons. The number of hydrogen-bond donors (Lipinski definition) is 2. The van der Waals surface area contributed by atoms with Crippen molar-refractivity contribution in [3.8, 4) is 0 Å². The number of carbonyl (C=O) groups excluding carboxylic acids is 1. The summed E-state index contributed by atoms with van der Waals surface area (Å²) in [4.78, 5) is 12.3. The topological polar surface area (TPSA) is 57.5 Å². The van der Waals surface area contributed by atoms with E-state index in [9.17, 15) is 15.0 Å². The summed E-state index contributed by atoms with van der Waals surface area (Å²) >= 11 is 0. The number of aliphatic hydroxyl groups is 2. The summed E-state index contributed by atoms with van der Waals surface area (Å²) in [5, 5.41) is 21.0. The highest BCUT2D eigenvalue weighted by Gasteiger charge is 2.33. The van der Waals surface area contributed by atoms with Gasteiger partial charge in [0.05, 0.1) is 6.10 Å². The minimum absolute atomic E-state index is 0.0471. The second kappa shape index (κ2) is 8.60. The van der Waals surface area contributed by atoms with Crippen LogP contribution in [0.3, 0.4) is 0 Å². The molecule has 1 rings (SSSR count). The van der Waals surface area contributed by atoms with E-state index in [2.05, 4.69) is 13.0 Å². The first-order valence-electron chi connectivity index (χ1n) is 8.60. The molecule has 0 aromatic heterocycles. The Hall–Kier alpha value is -1.19. The summed E-state index contributed by atoms with van der Waals surface area (Å²) < 4.78 is 0. The van der Waals surface area contributed by atoms with Crippen LogP contribution in [0.15, 0.2) is 34.9 Å². The van der Waals surface area contributed by atoms with E-state index in [1.807, 2.05) is 32.9 Å². The van der Waals surface area contributed by atoms with Crippen LogP contribution in [0.4, 0.5) is 0 Å². The highest BCUT2D eigenvalue weighted by Crippen LogP contribution is 2.25. The monoisotopic (exact) mass is 320 g/mol. The summed E-state index contributed by atoms with van der Waals surface area (Å²) in [6, 6.07) is 0. The summed E-state index contributed by atoms with van der Waals surface area (Å²) in [6.45, 7) is 9.67. The van der Waals surface area contributed by atoms with Gasteiger partial charge in [-0.1, -0.05) is 43.2 Å². The Kier molecular flexibility index (Phi) is 7.43. The average Bonchev–Trinajstić information content (AvgIpc) is 2.43. The molecule has 0 heterocycles. The molecule has 130 valence electrons. The predicted octanol–water partition coefficient (Wildman–Crippen LogP) is 4.11. The van der Waals surface area contributed by atoms with Gasteiger partial charge >= 0.3 is 0 Å². The van der Waals surface area contributed by atoms with Gasteiger partial charge in [-0.2, -0.15) is 0 Å². The van der Waals surface area contributed by atoms with Crippen molar-refractivity contribution in [2.45, 2.75) is 78.4 Å². The van der Waals surface area contributed by atoms with E-state index in [1.54, 1.807) is 0 Å². The molecule has 1 aliphatic rings. The lowest BCUT2D eigenvalue weighted by Crippen LogP contribution is -2.39. The molecule has 3 nitrogen and oxygen atoms in total. The number of hydrogen-bond acceptors (Lipinski definition) is 3. The van der Waals surface area contributed by atoms with Gasteiger partial charge in [0.2, 0.25) is 0 Å². The SMILES string of the molecule is C/C1=C\C=C(\C(C)C)[C@@H](O)C[C@](C)(O)C(=O)CC/C(C)=C/CC1. The number of carbonyl (C=O) groups is 1. The third-order valence-corrected chi connectivity index (χ3v) is 4.58. The predicted molar refractivity (Wildman–Crippen MR) is 95.2 cm³/mol. The molecule has 1 aliphatic carbocycles. The van der Waals surface area contributed by atoms with Gasteiger partial charge in [0.25, 0.3) is 0 Å². The Labute approximate surface area is 140 Å². The molecule has 0 saturated carbocycles. The fourth-order valence-corrected chi connectivity index (χ4v) is 2.85. The maximum atomic E-state index is 12.3. The van der Waals surface area contributed by atoms with Gasteiger partial charge in [0.15, 0.2) is 5.78 Å². The van der Waals surface area contributed by atoms with Gasteiger partial charge in [-0.25, -0.2) is 0 Å². The molecule has 3 heteroatoms. The minimum atomic E-state index is -1.49. The molecule has 0 aromatic carbocycles. The zero-order chi connectivity index (χ0) is 17.6. The molecule has 0 unspecified atom stereocenters. The molecule has 0 amide bonds. The molecule has 0 bridgehead atoms. The zero-order valence-corrected chi connectivity index (χ0v) is 15.2. The van der Waals surface area contributed by atoms with E-state index in [4.69, 9.17) is 0 Å². The second-order valence-electron chi connectivity index (χ2n) is 7.34. The van der Waals surface area contributed by atoms with Crippen molar-refractivity contribution < 1.29 is 15.0 Å². The van der Waals surface area contributed by atoms with Gasteiger partial charge in [-0.3, -0.25) is 4.79 Å². The van der Waals surface area contributed by atoms with E-state index in [1.165, 1.54) is 18.1 Å². The van der Waals surface area contributed by atoms with Crippen molar-refractivity contribution in [3.05, 3.63) is 34.9 Å². The highest BCUT2D eigenvalue weighted by atomic mass is 16.3. The number of Topliss-reactive ketones (excluding diaryl/α,β-unsaturated/α-hetero) is 1. The quantitative estimate of drug-likeness (QED) is 0.715. The lowest BCUT2D eigenvalue weighted by Gasteiger charge is -2.27. The van der Waals surface area contributed by atoms with Crippen LogP contribution in [0.5, 0.6) is 0 Å². The zero-order valence-electron chi connectivity index (χ0n) is 15.2. The molecule has 23 heavy (non-hydrogen) atoms. The van der Waals surface area contributed by atoms with E-state index in [0.29, 0.717) is 12.8 Å². The highest BCUT2D eigenvalue weighted by molar-refractivity contribution is 5.86. The Morgan fingerprint density at radius 3 is 2.39 bits per heavy atom. The molecule has 0 spiro atoms. The van der Waals surface area contributed by atoms with Crippen LogP contribution in [0.1, 0.15) is 66.7 Å². The molecular formula is C20H32O3. The summed E-state index contributed by atoms with van der Waals surface area (Å²) in [5.74, 6) is -0.0359. The van der Waals surface area contributed by atoms with Crippen molar-refractivity contribution >= 4 is 5.78 Å². The van der Waals surface area contributed by atoms with Crippen LogP contribution in [-0.2, 0) is 4.79 Å². The first-order valence-corrected chi connectivity index (χ1v) is 8.60. The largest absolute Gasteiger partial charge is 0.389 e. The Bertz CT molecular complexity index is 507. The van der Waals surface area contributed by atoms with Crippen LogP contribution in [0.2, 0.25) is 0 Å². The second-order valence-corrected chi connectivity index (χ2v) is 7.34. The maximum absolute atomic E-state index is 12.3. The van der Waals surface area contributed by atoms with Crippen molar-refractivity contribution in [1.29, 1.82) is 0 Å². The van der Waals surface area contributed by atoms with E-state index in [0.717, 1.165) is 18.4 Å². The average molecular weight is 320 g/mol. The third-order valence-electron chi connectivity index (χ3n) is 4.58. The van der Waals surface area contributed by atoms with Crippen molar-refractivity contribution in [3.63, 3.8) is 0 Å². The smallest absolute Gasteiger partial charge is 0.164 e. The van der Waals surface area contributed by atoms with Crippen molar-refractivity contribution in [2.24, 2.45) is 5.92 Å². The van der Waals surface area contributed by atoms with Gasteiger partial charge in [0, 0.05) is 12.8 Å². The van der Waals surface area contributed by atoms with Gasteiger partial charge in [-0.15, -0.1) is 0 Å². The van der Waals surface area contributed by atoms with E-state index < -0.39 is 11.7 Å². The molecule has 0 aromatic rings. The van der Waals surface area contributed by atoms with Crippen molar-refractivity contribution in [1.82, 2.24) is 0 Å². The van der Waals surface area contributed by atoms with E-state index in [-0.39, 0.29) is 18.1 Å². The first kappa shape index (κ1) is 19.9. The Morgan fingerprint density at radius 1 is 1.13 bits per heavy atom. The summed E-state index contributed by atoms with van der Waals surface area (Å²) in [6.07, 6.45) is 8.32. The summed E-state index contributed by atoms with van der Waals surface area (Å²) in [7, 11) is 0. The molecule has 2 N–H and O–H groups in total. The maximum Gasteiger partial charge on any atom is 0.164 e. The van der Waals surface area contributed by atoms with Gasteiger partial charge < -0.3 is 10.2 Å². The van der Waals surface area contributed by atoms with Crippen LogP contribution in [0, 0.1) is 5.92 Å².